The number of H-pyrrole nitrogens is 1. The Labute approximate surface area is 152 Å². The Kier molecular flexibility index (Phi) is 5.36. The van der Waals surface area contributed by atoms with Crippen molar-refractivity contribution < 1.29 is 4.79 Å². The molecule has 0 fully saturated rings. The molecule has 0 atom stereocenters. The maximum atomic E-state index is 12.4. The zero-order valence-electron chi connectivity index (χ0n) is 13.8. The summed E-state index contributed by atoms with van der Waals surface area (Å²) in [5.74, 6) is -0.100. The second-order valence-corrected chi connectivity index (χ2v) is 6.14. The van der Waals surface area contributed by atoms with Crippen LogP contribution in [0.3, 0.4) is 0 Å². The normalized spacial score (nSPS) is 13.1. The Balaban J connectivity index is 0.00000182. The molecule has 0 radical (unpaired) electrons. The number of rotatable bonds is 4. The largest absolute Gasteiger partial charge is 0.350 e. The molecule has 25 heavy (non-hydrogen) atoms. The van der Waals surface area contributed by atoms with Crippen LogP contribution in [0, 0.1) is 0 Å². The van der Waals surface area contributed by atoms with Gasteiger partial charge >= 0.3 is 0 Å². The summed E-state index contributed by atoms with van der Waals surface area (Å²) in [5.41, 5.74) is 3.83. The lowest BCUT2D eigenvalue weighted by molar-refractivity contribution is 0.0948. The maximum absolute atomic E-state index is 12.4. The van der Waals surface area contributed by atoms with Gasteiger partial charge in [0.2, 0.25) is 0 Å². The molecule has 5 nitrogen and oxygen atoms in total. The molecule has 1 aliphatic rings. The van der Waals surface area contributed by atoms with Crippen LogP contribution in [0.5, 0.6) is 0 Å². The highest BCUT2D eigenvalue weighted by Gasteiger charge is 2.21. The number of amides is 1. The number of hydrogen-bond acceptors (Lipinski definition) is 3. The van der Waals surface area contributed by atoms with E-state index in [2.05, 4.69) is 51.2 Å². The highest BCUT2D eigenvalue weighted by Crippen LogP contribution is 2.17. The van der Waals surface area contributed by atoms with Crippen molar-refractivity contribution in [3.63, 3.8) is 0 Å². The van der Waals surface area contributed by atoms with Crippen LogP contribution in [0.1, 0.15) is 27.3 Å². The van der Waals surface area contributed by atoms with Crippen molar-refractivity contribution in [3.05, 3.63) is 65.0 Å². The lowest BCUT2D eigenvalue weighted by Gasteiger charge is -2.12. The first-order valence-electron chi connectivity index (χ1n) is 8.34. The molecule has 4 rings (SSSR count). The van der Waals surface area contributed by atoms with Crippen molar-refractivity contribution in [2.24, 2.45) is 0 Å². The summed E-state index contributed by atoms with van der Waals surface area (Å²) < 4.78 is 0. The van der Waals surface area contributed by atoms with Gasteiger partial charge in [-0.15, -0.1) is 12.4 Å². The minimum absolute atomic E-state index is 0. The minimum Gasteiger partial charge on any atom is -0.350 e. The fourth-order valence-electron chi connectivity index (χ4n) is 3.21. The van der Waals surface area contributed by atoms with Crippen molar-refractivity contribution >= 4 is 29.1 Å². The van der Waals surface area contributed by atoms with Gasteiger partial charge < -0.3 is 10.6 Å². The first-order chi connectivity index (χ1) is 11.8. The Bertz CT molecular complexity index is 890. The van der Waals surface area contributed by atoms with Gasteiger partial charge in [0.1, 0.15) is 0 Å². The smallest absolute Gasteiger partial charge is 0.272 e. The number of nitrogens with zero attached hydrogens (tertiary/aromatic N) is 1. The van der Waals surface area contributed by atoms with Crippen LogP contribution >= 0.6 is 12.4 Å². The fourth-order valence-corrected chi connectivity index (χ4v) is 3.21. The van der Waals surface area contributed by atoms with E-state index in [1.165, 1.54) is 16.3 Å². The number of aromatic amines is 1. The van der Waals surface area contributed by atoms with Crippen molar-refractivity contribution in [1.82, 2.24) is 20.8 Å². The van der Waals surface area contributed by atoms with Crippen LogP contribution in [0.4, 0.5) is 0 Å². The maximum Gasteiger partial charge on any atom is 0.272 e. The molecule has 0 saturated carbocycles. The van der Waals surface area contributed by atoms with Crippen LogP contribution in [-0.4, -0.2) is 29.2 Å². The van der Waals surface area contributed by atoms with Gasteiger partial charge in [0.05, 0.1) is 0 Å². The van der Waals surface area contributed by atoms with Gasteiger partial charge in [-0.2, -0.15) is 5.10 Å². The van der Waals surface area contributed by atoms with Crippen molar-refractivity contribution in [2.45, 2.75) is 19.4 Å². The second-order valence-electron chi connectivity index (χ2n) is 6.14. The SMILES string of the molecule is Cl.O=C(NCCc1ccc2ccccc2c1)c1n[nH]c2c1CNCC2. The van der Waals surface area contributed by atoms with Crippen LogP contribution < -0.4 is 10.6 Å². The molecule has 6 heteroatoms. The number of carbonyl (C=O) groups excluding carboxylic acids is 1. The summed E-state index contributed by atoms with van der Waals surface area (Å²) in [7, 11) is 0. The molecule has 3 aromatic rings. The van der Waals surface area contributed by atoms with Gasteiger partial charge in [0.25, 0.3) is 5.91 Å². The molecule has 0 bridgehead atoms. The average molecular weight is 357 g/mol. The average Bonchev–Trinajstić information content (AvgIpc) is 3.06. The molecule has 1 amide bonds. The lowest BCUT2D eigenvalue weighted by atomic mass is 10.0. The highest BCUT2D eigenvalue weighted by molar-refractivity contribution is 5.94. The van der Waals surface area contributed by atoms with Crippen molar-refractivity contribution in [1.29, 1.82) is 0 Å². The Hall–Kier alpha value is -2.37. The number of benzene rings is 2. The van der Waals surface area contributed by atoms with E-state index in [0.29, 0.717) is 18.8 Å². The number of nitrogens with one attached hydrogen (secondary N) is 3. The molecular formula is C19H21ClN4O. The van der Waals surface area contributed by atoms with Crippen molar-refractivity contribution in [2.75, 3.05) is 13.1 Å². The standard InChI is InChI=1S/C19H20N4O.ClH/c24-19(18-16-12-20-9-8-17(16)22-23-18)21-10-7-13-5-6-14-3-1-2-4-15(14)11-13;/h1-6,11,20H,7-10,12H2,(H,21,24)(H,22,23);1H. The zero-order valence-corrected chi connectivity index (χ0v) is 14.7. The fraction of sp³-hybridized carbons (Fsp3) is 0.263. The first kappa shape index (κ1) is 17.5. The van der Waals surface area contributed by atoms with E-state index in [-0.39, 0.29) is 18.3 Å². The van der Waals surface area contributed by atoms with Crippen molar-refractivity contribution in [3.8, 4) is 0 Å². The van der Waals surface area contributed by atoms with E-state index in [1.54, 1.807) is 0 Å². The molecule has 3 N–H and O–H groups in total. The molecule has 0 aliphatic carbocycles. The van der Waals surface area contributed by atoms with Crippen LogP contribution in [0.2, 0.25) is 0 Å². The van der Waals surface area contributed by atoms with Gasteiger partial charge in [-0.05, 0) is 22.8 Å². The summed E-state index contributed by atoms with van der Waals surface area (Å²) in [6, 6.07) is 14.7. The van der Waals surface area contributed by atoms with E-state index < -0.39 is 0 Å². The summed E-state index contributed by atoms with van der Waals surface area (Å²) >= 11 is 0. The summed E-state index contributed by atoms with van der Waals surface area (Å²) in [4.78, 5) is 12.4. The molecule has 0 saturated heterocycles. The molecule has 2 aromatic carbocycles. The van der Waals surface area contributed by atoms with E-state index >= 15 is 0 Å². The number of hydrogen-bond donors (Lipinski definition) is 3. The van der Waals surface area contributed by atoms with E-state index in [9.17, 15) is 4.79 Å². The quantitative estimate of drug-likeness (QED) is 0.673. The Morgan fingerprint density at radius 2 is 2.00 bits per heavy atom. The number of halogens is 1. The summed E-state index contributed by atoms with van der Waals surface area (Å²) in [6.07, 6.45) is 1.70. The third-order valence-electron chi connectivity index (χ3n) is 4.53. The minimum atomic E-state index is -0.100. The van der Waals surface area contributed by atoms with E-state index in [1.807, 2.05) is 12.1 Å². The van der Waals surface area contributed by atoms with E-state index in [4.69, 9.17) is 0 Å². The third kappa shape index (κ3) is 3.67. The third-order valence-corrected chi connectivity index (χ3v) is 4.53. The van der Waals surface area contributed by atoms with Gasteiger partial charge in [-0.3, -0.25) is 9.89 Å². The molecule has 2 heterocycles. The van der Waals surface area contributed by atoms with E-state index in [0.717, 1.165) is 30.6 Å². The molecule has 1 aromatic heterocycles. The van der Waals surface area contributed by atoms with Crippen LogP contribution in [-0.2, 0) is 19.4 Å². The monoisotopic (exact) mass is 356 g/mol. The van der Waals surface area contributed by atoms with Gasteiger partial charge in [0.15, 0.2) is 5.69 Å². The first-order valence-corrected chi connectivity index (χ1v) is 8.34. The lowest BCUT2D eigenvalue weighted by Crippen LogP contribution is -2.29. The predicted molar refractivity (Wildman–Crippen MR) is 101 cm³/mol. The Morgan fingerprint density at radius 3 is 2.88 bits per heavy atom. The predicted octanol–water partition coefficient (Wildman–Crippen LogP) is 2.60. The van der Waals surface area contributed by atoms with Gasteiger partial charge in [0, 0.05) is 37.3 Å². The molecule has 1 aliphatic heterocycles. The highest BCUT2D eigenvalue weighted by atomic mass is 35.5. The summed E-state index contributed by atoms with van der Waals surface area (Å²) in [6.45, 7) is 2.24. The second kappa shape index (κ2) is 7.68. The van der Waals surface area contributed by atoms with Gasteiger partial charge in [-0.1, -0.05) is 42.5 Å². The van der Waals surface area contributed by atoms with Gasteiger partial charge in [-0.25, -0.2) is 0 Å². The number of carbonyl (C=O) groups is 1. The van der Waals surface area contributed by atoms with Crippen LogP contribution in [0.15, 0.2) is 42.5 Å². The zero-order chi connectivity index (χ0) is 16.4. The number of fused-ring (bicyclic) bond motifs is 2. The van der Waals surface area contributed by atoms with Crippen LogP contribution in [0.25, 0.3) is 10.8 Å². The molecule has 0 unspecified atom stereocenters. The Morgan fingerprint density at radius 1 is 1.16 bits per heavy atom. The molecule has 0 spiro atoms. The summed E-state index contributed by atoms with van der Waals surface area (Å²) in [5, 5.41) is 15.9. The number of aromatic nitrogens is 2. The topological polar surface area (TPSA) is 69.8 Å². The molecular weight excluding hydrogens is 336 g/mol. The molecule has 130 valence electrons.